The minimum absolute atomic E-state index is 0.0829. The van der Waals surface area contributed by atoms with Gasteiger partial charge >= 0.3 is 0 Å². The van der Waals surface area contributed by atoms with Gasteiger partial charge in [0.05, 0.1) is 7.11 Å². The summed E-state index contributed by atoms with van der Waals surface area (Å²) in [5.41, 5.74) is 0. The summed E-state index contributed by atoms with van der Waals surface area (Å²) in [6.45, 7) is 5.14. The molecule has 1 atom stereocenters. The van der Waals surface area contributed by atoms with E-state index in [0.717, 1.165) is 0 Å². The Balaban J connectivity index is 4.00. The zero-order valence-electron chi connectivity index (χ0n) is 7.10. The van der Waals surface area contributed by atoms with Crippen LogP contribution in [0.4, 0.5) is 0 Å². The lowest BCUT2D eigenvalue weighted by Gasteiger charge is -2.05. The van der Waals surface area contributed by atoms with Gasteiger partial charge in [-0.2, -0.15) is 0 Å². The molecule has 0 bridgehead atoms. The van der Waals surface area contributed by atoms with Crippen molar-refractivity contribution in [2.45, 2.75) is 13.1 Å². The van der Waals surface area contributed by atoms with E-state index in [4.69, 9.17) is 17.0 Å². The first kappa shape index (κ1) is 11.0. The summed E-state index contributed by atoms with van der Waals surface area (Å²) in [7, 11) is 1.38. The van der Waals surface area contributed by atoms with Gasteiger partial charge in [0.2, 0.25) is 5.90 Å². The Bertz CT molecular complexity index is 203. The highest BCUT2D eigenvalue weighted by Crippen LogP contribution is 2.01. The molecular formula is C7H12ClN3O. The van der Waals surface area contributed by atoms with Crippen LogP contribution >= 0.6 is 11.6 Å². The number of nitrogens with zero attached hydrogens (tertiary/aromatic N) is 1. The standard InChI is InChI=1S/C7H12ClN3O/c1-5(10-2)11-4-6(8)7(9)12-3/h4-5,9,11H,2H2,1,3H3. The van der Waals surface area contributed by atoms with Crippen LogP contribution < -0.4 is 5.32 Å². The third-order valence-corrected chi connectivity index (χ3v) is 1.43. The molecule has 0 spiro atoms. The first-order valence-electron chi connectivity index (χ1n) is 3.32. The van der Waals surface area contributed by atoms with Gasteiger partial charge in [-0.15, -0.1) is 0 Å². The Kier molecular flexibility index (Phi) is 5.12. The minimum atomic E-state index is -0.122. The average molecular weight is 190 g/mol. The molecule has 0 saturated carbocycles. The summed E-state index contributed by atoms with van der Waals surface area (Å²) < 4.78 is 4.57. The lowest BCUT2D eigenvalue weighted by Crippen LogP contribution is -2.18. The fourth-order valence-electron chi connectivity index (χ4n) is 0.410. The Morgan fingerprint density at radius 1 is 1.83 bits per heavy atom. The van der Waals surface area contributed by atoms with Crippen LogP contribution in [0, 0.1) is 5.41 Å². The Labute approximate surface area is 76.8 Å². The van der Waals surface area contributed by atoms with Gasteiger partial charge in [-0.25, -0.2) is 0 Å². The van der Waals surface area contributed by atoms with E-state index >= 15 is 0 Å². The SMILES string of the molecule is C=NC(C)NC=C(Cl)C(=N)OC. The molecule has 0 aliphatic carbocycles. The van der Waals surface area contributed by atoms with Crippen LogP contribution in [0.25, 0.3) is 0 Å². The van der Waals surface area contributed by atoms with Gasteiger partial charge in [-0.1, -0.05) is 11.6 Å². The van der Waals surface area contributed by atoms with Crippen molar-refractivity contribution in [2.75, 3.05) is 7.11 Å². The number of hydrogen-bond acceptors (Lipinski definition) is 4. The molecule has 0 aromatic carbocycles. The van der Waals surface area contributed by atoms with E-state index in [1.54, 1.807) is 0 Å². The molecule has 0 aliphatic heterocycles. The molecule has 0 aromatic heterocycles. The monoisotopic (exact) mass is 189 g/mol. The second-order valence-corrected chi connectivity index (χ2v) is 2.46. The van der Waals surface area contributed by atoms with Crippen molar-refractivity contribution < 1.29 is 4.74 Å². The van der Waals surface area contributed by atoms with Crippen LogP contribution in [0.15, 0.2) is 16.2 Å². The molecule has 68 valence electrons. The largest absolute Gasteiger partial charge is 0.480 e. The molecule has 0 rings (SSSR count). The molecule has 0 saturated heterocycles. The number of halogens is 1. The third kappa shape index (κ3) is 3.98. The zero-order chi connectivity index (χ0) is 9.56. The van der Waals surface area contributed by atoms with Crippen molar-refractivity contribution in [2.24, 2.45) is 4.99 Å². The molecule has 4 nitrogen and oxygen atoms in total. The maximum Gasteiger partial charge on any atom is 0.226 e. The molecule has 0 aliphatic rings. The van der Waals surface area contributed by atoms with Gasteiger partial charge in [0.1, 0.15) is 11.2 Å². The minimum Gasteiger partial charge on any atom is -0.480 e. The number of aliphatic imine (C=N–C) groups is 1. The predicted molar refractivity (Wildman–Crippen MR) is 50.8 cm³/mol. The van der Waals surface area contributed by atoms with E-state index in [1.165, 1.54) is 13.3 Å². The predicted octanol–water partition coefficient (Wildman–Crippen LogP) is 1.33. The quantitative estimate of drug-likeness (QED) is 0.518. The summed E-state index contributed by atoms with van der Waals surface area (Å²) in [5, 5.41) is 10.1. The summed E-state index contributed by atoms with van der Waals surface area (Å²) in [6.07, 6.45) is 1.33. The number of methoxy groups -OCH3 is 1. The fourth-order valence-corrected chi connectivity index (χ4v) is 0.550. The third-order valence-electron chi connectivity index (χ3n) is 1.15. The van der Waals surface area contributed by atoms with E-state index in [0.29, 0.717) is 0 Å². The molecule has 2 N–H and O–H groups in total. The van der Waals surface area contributed by atoms with Crippen LogP contribution in [0.2, 0.25) is 0 Å². The van der Waals surface area contributed by atoms with Gasteiger partial charge in [-0.05, 0) is 13.6 Å². The van der Waals surface area contributed by atoms with Crippen LogP contribution in [0.1, 0.15) is 6.92 Å². The molecule has 0 aromatic rings. The maximum absolute atomic E-state index is 7.14. The molecular weight excluding hydrogens is 178 g/mol. The van der Waals surface area contributed by atoms with Gasteiger partial charge in [-0.3, -0.25) is 10.4 Å². The molecule has 0 amide bonds. The highest BCUT2D eigenvalue weighted by molar-refractivity contribution is 6.41. The van der Waals surface area contributed by atoms with Crippen molar-refractivity contribution in [3.05, 3.63) is 11.2 Å². The number of rotatable bonds is 4. The second-order valence-electron chi connectivity index (χ2n) is 2.05. The summed E-state index contributed by atoms with van der Waals surface area (Å²) in [5.74, 6) is -0.0829. The molecule has 0 radical (unpaired) electrons. The molecule has 5 heteroatoms. The van der Waals surface area contributed by atoms with Gasteiger partial charge in [0, 0.05) is 6.20 Å². The lowest BCUT2D eigenvalue weighted by molar-refractivity contribution is 0.402. The zero-order valence-corrected chi connectivity index (χ0v) is 7.85. The van der Waals surface area contributed by atoms with Crippen molar-refractivity contribution in [3.8, 4) is 0 Å². The van der Waals surface area contributed by atoms with E-state index in [1.807, 2.05) is 6.92 Å². The van der Waals surface area contributed by atoms with E-state index < -0.39 is 0 Å². The number of ether oxygens (including phenoxy) is 1. The topological polar surface area (TPSA) is 57.5 Å². The molecule has 12 heavy (non-hydrogen) atoms. The van der Waals surface area contributed by atoms with Gasteiger partial charge in [0.15, 0.2) is 0 Å². The summed E-state index contributed by atoms with van der Waals surface area (Å²) >= 11 is 5.62. The van der Waals surface area contributed by atoms with Gasteiger partial charge < -0.3 is 10.1 Å². The summed E-state index contributed by atoms with van der Waals surface area (Å²) in [6, 6.07) is 0. The van der Waals surface area contributed by atoms with Crippen LogP contribution in [-0.2, 0) is 4.74 Å². The Morgan fingerprint density at radius 3 is 2.83 bits per heavy atom. The maximum atomic E-state index is 7.14. The highest BCUT2D eigenvalue weighted by Gasteiger charge is 2.00. The van der Waals surface area contributed by atoms with Crippen LogP contribution in [0.5, 0.6) is 0 Å². The van der Waals surface area contributed by atoms with Crippen molar-refractivity contribution in [3.63, 3.8) is 0 Å². The molecule has 0 heterocycles. The first-order chi connectivity index (χ1) is 5.61. The van der Waals surface area contributed by atoms with E-state index in [-0.39, 0.29) is 17.1 Å². The average Bonchev–Trinajstić information content (AvgIpc) is 2.11. The lowest BCUT2D eigenvalue weighted by atomic mass is 10.5. The smallest absolute Gasteiger partial charge is 0.226 e. The van der Waals surface area contributed by atoms with Crippen LogP contribution in [-0.4, -0.2) is 25.9 Å². The second kappa shape index (κ2) is 5.60. The molecule has 1 unspecified atom stereocenters. The van der Waals surface area contributed by atoms with Gasteiger partial charge in [0.25, 0.3) is 0 Å². The van der Waals surface area contributed by atoms with E-state index in [2.05, 4.69) is 21.8 Å². The Morgan fingerprint density at radius 2 is 2.42 bits per heavy atom. The Hall–Kier alpha value is -1.03. The first-order valence-corrected chi connectivity index (χ1v) is 3.70. The van der Waals surface area contributed by atoms with Crippen LogP contribution in [0.3, 0.4) is 0 Å². The molecule has 0 fully saturated rings. The van der Waals surface area contributed by atoms with Crippen molar-refractivity contribution in [1.29, 1.82) is 5.41 Å². The number of hydrogen-bond donors (Lipinski definition) is 2. The number of nitrogens with one attached hydrogen (secondary N) is 2. The summed E-state index contributed by atoms with van der Waals surface area (Å²) in [4.78, 5) is 3.67. The van der Waals surface area contributed by atoms with E-state index in [9.17, 15) is 0 Å². The fraction of sp³-hybridized carbons (Fsp3) is 0.429. The van der Waals surface area contributed by atoms with Crippen molar-refractivity contribution in [1.82, 2.24) is 5.32 Å². The normalized spacial score (nSPS) is 13.4. The van der Waals surface area contributed by atoms with Crippen molar-refractivity contribution >= 4 is 24.2 Å². The highest BCUT2D eigenvalue weighted by atomic mass is 35.5.